The van der Waals surface area contributed by atoms with Crippen molar-refractivity contribution >= 4 is 20.9 Å². The van der Waals surface area contributed by atoms with Crippen LogP contribution < -0.4 is 5.32 Å². The molecule has 0 radical (unpaired) electrons. The second-order valence-corrected chi connectivity index (χ2v) is 6.48. The van der Waals surface area contributed by atoms with E-state index in [0.717, 1.165) is 11.3 Å². The highest BCUT2D eigenvalue weighted by molar-refractivity contribution is 7.90. The predicted octanol–water partition coefficient (Wildman–Crippen LogP) is 1.26. The van der Waals surface area contributed by atoms with Gasteiger partial charge in [-0.05, 0) is 32.2 Å². The Bertz CT molecular complexity index is 689. The second-order valence-electron chi connectivity index (χ2n) is 4.46. The van der Waals surface area contributed by atoms with Crippen molar-refractivity contribution in [3.63, 3.8) is 0 Å². The van der Waals surface area contributed by atoms with Crippen molar-refractivity contribution in [2.24, 2.45) is 7.05 Å². The Morgan fingerprint density at radius 1 is 1.39 bits per heavy atom. The van der Waals surface area contributed by atoms with E-state index >= 15 is 0 Å². The number of hydrogen-bond donors (Lipinski definition) is 1. The maximum Gasteiger partial charge on any atom is 0.175 e. The molecule has 1 N–H and O–H groups in total. The van der Waals surface area contributed by atoms with Crippen LogP contribution in [0.15, 0.2) is 23.1 Å². The lowest BCUT2D eigenvalue weighted by Gasteiger charge is -2.09. The first-order valence-corrected chi connectivity index (χ1v) is 7.57. The van der Waals surface area contributed by atoms with Crippen molar-refractivity contribution in [2.45, 2.75) is 17.9 Å². The van der Waals surface area contributed by atoms with Gasteiger partial charge < -0.3 is 9.88 Å². The average molecular weight is 267 g/mol. The van der Waals surface area contributed by atoms with Gasteiger partial charge in [-0.25, -0.2) is 13.4 Å². The van der Waals surface area contributed by atoms with E-state index < -0.39 is 9.84 Å². The first-order valence-electron chi connectivity index (χ1n) is 5.68. The molecule has 6 heteroatoms. The predicted molar refractivity (Wildman–Crippen MR) is 71.3 cm³/mol. The third kappa shape index (κ3) is 2.13. The summed E-state index contributed by atoms with van der Waals surface area (Å²) in [6, 6.07) is 5.15. The van der Waals surface area contributed by atoms with Crippen molar-refractivity contribution < 1.29 is 8.42 Å². The molecule has 18 heavy (non-hydrogen) atoms. The summed E-state index contributed by atoms with van der Waals surface area (Å²) < 4.78 is 25.0. The Morgan fingerprint density at radius 3 is 2.61 bits per heavy atom. The number of fused-ring (bicyclic) bond motifs is 1. The molecule has 0 bridgehead atoms. The Kier molecular flexibility index (Phi) is 3.16. The number of aryl methyl sites for hydroxylation is 1. The molecular formula is C12H17N3O2S. The number of aromatic nitrogens is 2. The van der Waals surface area contributed by atoms with E-state index in [-0.39, 0.29) is 6.04 Å². The van der Waals surface area contributed by atoms with Crippen LogP contribution in [0, 0.1) is 0 Å². The van der Waals surface area contributed by atoms with Crippen molar-refractivity contribution in [2.75, 3.05) is 13.3 Å². The topological polar surface area (TPSA) is 64.0 Å². The Balaban J connectivity index is 2.66. The molecule has 0 aliphatic rings. The van der Waals surface area contributed by atoms with E-state index in [1.54, 1.807) is 18.2 Å². The number of rotatable bonds is 3. The third-order valence-electron chi connectivity index (χ3n) is 3.14. The molecule has 0 amide bonds. The van der Waals surface area contributed by atoms with Crippen LogP contribution in [-0.4, -0.2) is 31.3 Å². The van der Waals surface area contributed by atoms with Crippen LogP contribution in [-0.2, 0) is 16.9 Å². The summed E-state index contributed by atoms with van der Waals surface area (Å²) in [5.41, 5.74) is 1.64. The standard InChI is InChI=1S/C12H17N3O2S/c1-8(13-2)12-14-10-7-9(18(4,16)17)5-6-11(10)15(12)3/h5-8,13H,1-4H3. The fourth-order valence-electron chi connectivity index (χ4n) is 1.95. The highest BCUT2D eigenvalue weighted by Gasteiger charge is 2.15. The molecule has 0 aliphatic carbocycles. The monoisotopic (exact) mass is 267 g/mol. The van der Waals surface area contributed by atoms with Crippen LogP contribution in [0.25, 0.3) is 11.0 Å². The van der Waals surface area contributed by atoms with Gasteiger partial charge in [0.25, 0.3) is 0 Å². The van der Waals surface area contributed by atoms with Crippen molar-refractivity contribution in [3.8, 4) is 0 Å². The van der Waals surface area contributed by atoms with E-state index in [9.17, 15) is 8.42 Å². The van der Waals surface area contributed by atoms with E-state index in [0.29, 0.717) is 10.4 Å². The van der Waals surface area contributed by atoms with E-state index in [2.05, 4.69) is 10.3 Å². The normalized spacial score (nSPS) is 14.0. The van der Waals surface area contributed by atoms with E-state index in [4.69, 9.17) is 0 Å². The Labute approximate surface area is 107 Å². The zero-order chi connectivity index (χ0) is 13.5. The summed E-state index contributed by atoms with van der Waals surface area (Å²) in [7, 11) is 0.608. The lowest BCUT2D eigenvalue weighted by atomic mass is 10.3. The number of hydrogen-bond acceptors (Lipinski definition) is 4. The summed E-state index contributed by atoms with van der Waals surface area (Å²) in [4.78, 5) is 4.80. The Morgan fingerprint density at radius 2 is 2.06 bits per heavy atom. The van der Waals surface area contributed by atoms with Gasteiger partial charge in [0, 0.05) is 13.3 Å². The smallest absolute Gasteiger partial charge is 0.175 e. The maximum atomic E-state index is 11.5. The summed E-state index contributed by atoms with van der Waals surface area (Å²) in [5.74, 6) is 0.887. The summed E-state index contributed by atoms with van der Waals surface area (Å²) in [6.07, 6.45) is 1.20. The van der Waals surface area contributed by atoms with Gasteiger partial charge >= 0.3 is 0 Å². The molecular weight excluding hydrogens is 250 g/mol. The van der Waals surface area contributed by atoms with Crippen LogP contribution in [0.2, 0.25) is 0 Å². The highest BCUT2D eigenvalue weighted by atomic mass is 32.2. The van der Waals surface area contributed by atoms with Crippen molar-refractivity contribution in [3.05, 3.63) is 24.0 Å². The van der Waals surface area contributed by atoms with Gasteiger partial charge in [-0.1, -0.05) is 0 Å². The van der Waals surface area contributed by atoms with Gasteiger partial charge in [-0.2, -0.15) is 0 Å². The number of imidazole rings is 1. The molecule has 2 aromatic rings. The van der Waals surface area contributed by atoms with E-state index in [1.807, 2.05) is 25.6 Å². The van der Waals surface area contributed by atoms with Crippen molar-refractivity contribution in [1.29, 1.82) is 0 Å². The molecule has 0 saturated carbocycles. The van der Waals surface area contributed by atoms with Gasteiger partial charge in [-0.3, -0.25) is 0 Å². The van der Waals surface area contributed by atoms with Gasteiger partial charge in [0.05, 0.1) is 22.0 Å². The van der Waals surface area contributed by atoms with Crippen LogP contribution in [0.4, 0.5) is 0 Å². The lowest BCUT2D eigenvalue weighted by molar-refractivity contribution is 0.590. The molecule has 0 aliphatic heterocycles. The van der Waals surface area contributed by atoms with E-state index in [1.165, 1.54) is 6.26 Å². The highest BCUT2D eigenvalue weighted by Crippen LogP contribution is 2.22. The minimum atomic E-state index is -3.19. The zero-order valence-electron chi connectivity index (χ0n) is 10.9. The molecule has 1 aromatic heterocycles. The minimum Gasteiger partial charge on any atom is -0.330 e. The summed E-state index contributed by atoms with van der Waals surface area (Å²) in [6.45, 7) is 2.01. The molecule has 0 spiro atoms. The number of sulfone groups is 1. The fourth-order valence-corrected chi connectivity index (χ4v) is 2.59. The van der Waals surface area contributed by atoms with Crippen LogP contribution >= 0.6 is 0 Å². The molecule has 1 heterocycles. The summed E-state index contributed by atoms with van der Waals surface area (Å²) in [5, 5.41) is 3.13. The number of benzene rings is 1. The van der Waals surface area contributed by atoms with Crippen molar-refractivity contribution in [1.82, 2.24) is 14.9 Å². The lowest BCUT2D eigenvalue weighted by Crippen LogP contribution is -2.16. The molecule has 1 aromatic carbocycles. The second kappa shape index (κ2) is 4.37. The molecule has 1 unspecified atom stereocenters. The maximum absolute atomic E-state index is 11.5. The number of nitrogens with one attached hydrogen (secondary N) is 1. The molecule has 2 rings (SSSR count). The quantitative estimate of drug-likeness (QED) is 0.909. The van der Waals surface area contributed by atoms with Gasteiger partial charge in [-0.15, -0.1) is 0 Å². The third-order valence-corrected chi connectivity index (χ3v) is 4.25. The average Bonchev–Trinajstić information content (AvgIpc) is 2.64. The molecule has 1 atom stereocenters. The minimum absolute atomic E-state index is 0.115. The summed E-state index contributed by atoms with van der Waals surface area (Å²) >= 11 is 0. The first kappa shape index (κ1) is 13.0. The van der Waals surface area contributed by atoms with Gasteiger partial charge in [0.1, 0.15) is 5.82 Å². The molecule has 0 fully saturated rings. The fraction of sp³-hybridized carbons (Fsp3) is 0.417. The van der Waals surface area contributed by atoms with Crippen LogP contribution in [0.3, 0.4) is 0 Å². The number of nitrogens with zero attached hydrogens (tertiary/aromatic N) is 2. The van der Waals surface area contributed by atoms with Crippen LogP contribution in [0.1, 0.15) is 18.8 Å². The molecule has 98 valence electrons. The Hall–Kier alpha value is -1.40. The molecule has 0 saturated heterocycles. The molecule has 5 nitrogen and oxygen atoms in total. The van der Waals surface area contributed by atoms with Gasteiger partial charge in [0.2, 0.25) is 0 Å². The SMILES string of the molecule is CNC(C)c1nc2cc(S(C)(=O)=O)ccc2n1C. The first-order chi connectivity index (χ1) is 8.34. The zero-order valence-corrected chi connectivity index (χ0v) is 11.7. The largest absolute Gasteiger partial charge is 0.330 e. The van der Waals surface area contributed by atoms with Gasteiger partial charge in [0.15, 0.2) is 9.84 Å². The van der Waals surface area contributed by atoms with Crippen LogP contribution in [0.5, 0.6) is 0 Å².